The zero-order chi connectivity index (χ0) is 21.5. The SMILES string of the molecule is Cc1nn(C)c(C)c1CCC(=O)N1CCC(c2nnnn2C2CCCC2)(N(C)C)C1. The van der Waals surface area contributed by atoms with E-state index >= 15 is 0 Å². The highest BCUT2D eigenvalue weighted by Crippen LogP contribution is 2.38. The predicted molar refractivity (Wildman–Crippen MR) is 113 cm³/mol. The maximum Gasteiger partial charge on any atom is 0.222 e. The predicted octanol–water partition coefficient (Wildman–Crippen LogP) is 1.76. The van der Waals surface area contributed by atoms with Gasteiger partial charge in [0.2, 0.25) is 5.91 Å². The molecule has 164 valence electrons. The Labute approximate surface area is 178 Å². The first-order chi connectivity index (χ1) is 14.3. The van der Waals surface area contributed by atoms with E-state index in [0.29, 0.717) is 19.0 Å². The zero-order valence-electron chi connectivity index (χ0n) is 18.9. The van der Waals surface area contributed by atoms with E-state index in [1.807, 2.05) is 28.2 Å². The Balaban J connectivity index is 1.49. The number of rotatable bonds is 6. The van der Waals surface area contributed by atoms with Gasteiger partial charge in [0.1, 0.15) is 5.54 Å². The van der Waals surface area contributed by atoms with Crippen molar-refractivity contribution in [2.45, 2.75) is 70.4 Å². The van der Waals surface area contributed by atoms with Crippen molar-refractivity contribution in [1.82, 2.24) is 39.8 Å². The van der Waals surface area contributed by atoms with Crippen LogP contribution >= 0.6 is 0 Å². The Bertz CT molecular complexity index is 910. The van der Waals surface area contributed by atoms with Gasteiger partial charge in [-0.05, 0) is 69.6 Å². The van der Waals surface area contributed by atoms with Crippen LogP contribution < -0.4 is 0 Å². The number of nitrogens with zero attached hydrogens (tertiary/aromatic N) is 8. The van der Waals surface area contributed by atoms with E-state index < -0.39 is 0 Å². The lowest BCUT2D eigenvalue weighted by atomic mass is 9.95. The fourth-order valence-corrected chi connectivity index (χ4v) is 5.22. The number of likely N-dealkylation sites (tertiary alicyclic amines) is 1. The molecule has 30 heavy (non-hydrogen) atoms. The van der Waals surface area contributed by atoms with Crippen molar-refractivity contribution in [2.75, 3.05) is 27.2 Å². The van der Waals surface area contributed by atoms with Gasteiger partial charge >= 0.3 is 0 Å². The van der Waals surface area contributed by atoms with E-state index in [0.717, 1.165) is 49.4 Å². The van der Waals surface area contributed by atoms with Gasteiger partial charge in [-0.15, -0.1) is 5.10 Å². The molecule has 2 fully saturated rings. The first-order valence-corrected chi connectivity index (χ1v) is 11.1. The Morgan fingerprint density at radius 2 is 1.97 bits per heavy atom. The minimum Gasteiger partial charge on any atom is -0.340 e. The summed E-state index contributed by atoms with van der Waals surface area (Å²) in [6.07, 6.45) is 6.82. The number of likely N-dealkylation sites (N-methyl/N-ethyl adjacent to an activating group) is 1. The van der Waals surface area contributed by atoms with E-state index in [2.05, 4.69) is 46.5 Å². The molecule has 1 atom stereocenters. The van der Waals surface area contributed by atoms with Gasteiger partial charge in [-0.25, -0.2) is 4.68 Å². The Hall–Kier alpha value is -2.29. The van der Waals surface area contributed by atoms with Crippen LogP contribution in [0.3, 0.4) is 0 Å². The normalized spacial score (nSPS) is 22.5. The summed E-state index contributed by atoms with van der Waals surface area (Å²) in [6, 6.07) is 0.383. The van der Waals surface area contributed by atoms with Crippen LogP contribution in [0.4, 0.5) is 0 Å². The molecular formula is C21H34N8O. The molecule has 1 aliphatic heterocycles. The van der Waals surface area contributed by atoms with Crippen LogP contribution in [0.15, 0.2) is 0 Å². The summed E-state index contributed by atoms with van der Waals surface area (Å²) in [4.78, 5) is 17.3. The van der Waals surface area contributed by atoms with Crippen molar-refractivity contribution in [2.24, 2.45) is 7.05 Å². The number of amides is 1. The molecule has 1 saturated carbocycles. The number of hydrogen-bond donors (Lipinski definition) is 0. The van der Waals surface area contributed by atoms with Gasteiger partial charge in [0, 0.05) is 32.3 Å². The van der Waals surface area contributed by atoms with Crippen LogP contribution in [0.1, 0.15) is 67.3 Å². The fraction of sp³-hybridized carbons (Fsp3) is 0.762. The summed E-state index contributed by atoms with van der Waals surface area (Å²) in [7, 11) is 6.10. The third-order valence-electron chi connectivity index (χ3n) is 7.28. The first-order valence-electron chi connectivity index (χ1n) is 11.1. The molecule has 3 heterocycles. The summed E-state index contributed by atoms with van der Waals surface area (Å²) in [5.41, 5.74) is 3.01. The van der Waals surface area contributed by atoms with Crippen molar-refractivity contribution in [3.63, 3.8) is 0 Å². The van der Waals surface area contributed by atoms with E-state index in [1.54, 1.807) is 0 Å². The van der Waals surface area contributed by atoms with Crippen LogP contribution in [0, 0.1) is 13.8 Å². The van der Waals surface area contributed by atoms with Gasteiger partial charge in [-0.1, -0.05) is 12.8 Å². The molecule has 9 nitrogen and oxygen atoms in total. The van der Waals surface area contributed by atoms with E-state index in [1.165, 1.54) is 18.4 Å². The Kier molecular flexibility index (Phi) is 5.65. The lowest BCUT2D eigenvalue weighted by Crippen LogP contribution is -2.47. The molecule has 2 aromatic heterocycles. The minimum atomic E-state index is -0.331. The van der Waals surface area contributed by atoms with Crippen LogP contribution in [0.5, 0.6) is 0 Å². The van der Waals surface area contributed by atoms with Gasteiger partial charge < -0.3 is 4.90 Å². The van der Waals surface area contributed by atoms with Crippen molar-refractivity contribution < 1.29 is 4.79 Å². The van der Waals surface area contributed by atoms with Gasteiger partial charge in [0.25, 0.3) is 0 Å². The van der Waals surface area contributed by atoms with Gasteiger partial charge in [0.15, 0.2) is 5.82 Å². The van der Waals surface area contributed by atoms with Crippen molar-refractivity contribution in [3.8, 4) is 0 Å². The molecule has 1 amide bonds. The molecule has 1 aliphatic carbocycles. The molecule has 1 saturated heterocycles. The van der Waals surface area contributed by atoms with Crippen LogP contribution in [-0.4, -0.2) is 72.9 Å². The number of carbonyl (C=O) groups excluding carboxylic acids is 1. The second kappa shape index (κ2) is 8.09. The lowest BCUT2D eigenvalue weighted by molar-refractivity contribution is -0.130. The molecular weight excluding hydrogens is 380 g/mol. The number of aromatic nitrogens is 6. The molecule has 2 aliphatic rings. The van der Waals surface area contributed by atoms with Crippen LogP contribution in [0.2, 0.25) is 0 Å². The van der Waals surface area contributed by atoms with E-state index in [4.69, 9.17) is 0 Å². The summed E-state index contributed by atoms with van der Waals surface area (Å²) < 4.78 is 3.94. The second-order valence-electron chi connectivity index (χ2n) is 9.15. The van der Waals surface area contributed by atoms with Crippen molar-refractivity contribution in [1.29, 1.82) is 0 Å². The average Bonchev–Trinajstić information content (AvgIpc) is 3.49. The number of aryl methyl sites for hydroxylation is 2. The Morgan fingerprint density at radius 1 is 1.23 bits per heavy atom. The molecule has 0 N–H and O–H groups in total. The monoisotopic (exact) mass is 414 g/mol. The average molecular weight is 415 g/mol. The summed E-state index contributed by atoms with van der Waals surface area (Å²) in [5, 5.41) is 17.3. The molecule has 9 heteroatoms. The van der Waals surface area contributed by atoms with Gasteiger partial charge in [-0.2, -0.15) is 5.10 Å². The summed E-state index contributed by atoms with van der Waals surface area (Å²) >= 11 is 0. The molecule has 4 rings (SSSR count). The van der Waals surface area contributed by atoms with Gasteiger partial charge in [-0.3, -0.25) is 14.4 Å². The van der Waals surface area contributed by atoms with E-state index in [-0.39, 0.29) is 11.4 Å². The molecule has 2 aromatic rings. The number of carbonyl (C=O) groups is 1. The maximum atomic E-state index is 13.1. The molecule has 0 bridgehead atoms. The molecule has 0 radical (unpaired) electrons. The van der Waals surface area contributed by atoms with Crippen LogP contribution in [0.25, 0.3) is 0 Å². The van der Waals surface area contributed by atoms with Crippen LogP contribution in [-0.2, 0) is 23.8 Å². The summed E-state index contributed by atoms with van der Waals surface area (Å²) in [6.45, 7) is 5.45. The number of hydrogen-bond acceptors (Lipinski definition) is 6. The van der Waals surface area contributed by atoms with Gasteiger partial charge in [0.05, 0.1) is 11.7 Å². The Morgan fingerprint density at radius 3 is 2.60 bits per heavy atom. The first kappa shape index (κ1) is 21.0. The topological polar surface area (TPSA) is 85.0 Å². The molecule has 0 aromatic carbocycles. The highest BCUT2D eigenvalue weighted by Gasteiger charge is 2.47. The minimum absolute atomic E-state index is 0.196. The smallest absolute Gasteiger partial charge is 0.222 e. The third-order valence-corrected chi connectivity index (χ3v) is 7.28. The molecule has 1 unspecified atom stereocenters. The largest absolute Gasteiger partial charge is 0.340 e. The standard InChI is InChI=1S/C21H34N8O/c1-15-18(16(2)27(5)23-15)10-11-19(30)28-13-12-21(14-28,26(3)4)20-22-24-25-29(20)17-8-6-7-9-17/h17H,6-14H2,1-5H3. The lowest BCUT2D eigenvalue weighted by Gasteiger charge is -2.35. The third kappa shape index (κ3) is 3.53. The van der Waals surface area contributed by atoms with Crippen molar-refractivity contribution >= 4 is 5.91 Å². The summed E-state index contributed by atoms with van der Waals surface area (Å²) in [5.74, 6) is 1.11. The second-order valence-corrected chi connectivity index (χ2v) is 9.15. The van der Waals surface area contributed by atoms with E-state index in [9.17, 15) is 4.79 Å². The maximum absolute atomic E-state index is 13.1. The zero-order valence-corrected chi connectivity index (χ0v) is 18.9. The highest BCUT2D eigenvalue weighted by atomic mass is 16.2. The highest BCUT2D eigenvalue weighted by molar-refractivity contribution is 5.77. The fourth-order valence-electron chi connectivity index (χ4n) is 5.22. The van der Waals surface area contributed by atoms with Crippen molar-refractivity contribution in [3.05, 3.63) is 22.8 Å². The molecule has 0 spiro atoms. The quantitative estimate of drug-likeness (QED) is 0.716. The number of tetrazole rings is 1.